The molecule has 0 radical (unpaired) electrons. The quantitative estimate of drug-likeness (QED) is 0.810. The van der Waals surface area contributed by atoms with E-state index in [9.17, 15) is 0 Å². The van der Waals surface area contributed by atoms with E-state index in [1.807, 2.05) is 12.1 Å². The fraction of sp³-hybridized carbons (Fsp3) is 0.571. The van der Waals surface area contributed by atoms with Gasteiger partial charge in [0.25, 0.3) is 0 Å². The van der Waals surface area contributed by atoms with Gasteiger partial charge >= 0.3 is 0 Å². The van der Waals surface area contributed by atoms with Crippen molar-refractivity contribution in [1.82, 2.24) is 0 Å². The number of hydrogen-bond donors (Lipinski definition) is 1. The lowest BCUT2D eigenvalue weighted by molar-refractivity contribution is 0.184. The molecule has 1 atom stereocenters. The van der Waals surface area contributed by atoms with Crippen LogP contribution in [0.5, 0.6) is 11.5 Å². The zero-order valence-corrected chi connectivity index (χ0v) is 11.7. The van der Waals surface area contributed by atoms with Crippen LogP contribution in [0.2, 0.25) is 0 Å². The van der Waals surface area contributed by atoms with Crippen molar-refractivity contribution < 1.29 is 14.2 Å². The number of ether oxygens (including phenoxy) is 3. The number of nitrogens with two attached hydrogens (primary N) is 1. The molecule has 1 unspecified atom stereocenters. The van der Waals surface area contributed by atoms with Crippen LogP contribution in [0.25, 0.3) is 0 Å². The fourth-order valence-electron chi connectivity index (χ4n) is 2.12. The Morgan fingerprint density at radius 1 is 1.11 bits per heavy atom. The molecule has 0 aliphatic carbocycles. The molecule has 102 valence electrons. The smallest absolute Gasteiger partial charge is 0.126 e. The molecule has 1 aromatic rings. The molecule has 0 bridgehead atoms. The first-order chi connectivity index (χ1) is 8.67. The lowest BCUT2D eigenvalue weighted by atomic mass is 9.94. The summed E-state index contributed by atoms with van der Waals surface area (Å²) in [6.45, 7) is 3.31. The molecule has 0 spiro atoms. The predicted octanol–water partition coefficient (Wildman–Crippen LogP) is 2.30. The lowest BCUT2D eigenvalue weighted by Gasteiger charge is -2.20. The molecule has 1 aromatic carbocycles. The summed E-state index contributed by atoms with van der Waals surface area (Å²) in [6, 6.07) is 3.99. The maximum Gasteiger partial charge on any atom is 0.126 e. The molecule has 0 aromatic heterocycles. The summed E-state index contributed by atoms with van der Waals surface area (Å²) in [5, 5.41) is 0. The van der Waals surface area contributed by atoms with E-state index in [4.69, 9.17) is 19.9 Å². The Morgan fingerprint density at radius 2 is 1.67 bits per heavy atom. The third-order valence-electron chi connectivity index (χ3n) is 3.01. The maximum atomic E-state index is 5.63. The topological polar surface area (TPSA) is 53.7 Å². The molecular weight excluding hydrogens is 230 g/mol. The van der Waals surface area contributed by atoms with E-state index in [0.29, 0.717) is 19.1 Å². The molecular formula is C14H23NO3. The minimum atomic E-state index is 0.302. The van der Waals surface area contributed by atoms with Gasteiger partial charge in [0.15, 0.2) is 0 Å². The monoisotopic (exact) mass is 253 g/mol. The largest absolute Gasteiger partial charge is 0.496 e. The number of benzene rings is 1. The average molecular weight is 253 g/mol. The number of rotatable bonds is 7. The van der Waals surface area contributed by atoms with E-state index < -0.39 is 0 Å². The van der Waals surface area contributed by atoms with Crippen LogP contribution >= 0.6 is 0 Å². The van der Waals surface area contributed by atoms with Crippen molar-refractivity contribution in [3.05, 3.63) is 23.3 Å². The van der Waals surface area contributed by atoms with E-state index in [1.165, 1.54) is 0 Å². The first-order valence-electron chi connectivity index (χ1n) is 6.11. The second-order valence-electron chi connectivity index (χ2n) is 4.33. The van der Waals surface area contributed by atoms with E-state index in [1.54, 1.807) is 21.3 Å². The van der Waals surface area contributed by atoms with Gasteiger partial charge in [-0.15, -0.1) is 0 Å². The third-order valence-corrected chi connectivity index (χ3v) is 3.01. The van der Waals surface area contributed by atoms with Crippen molar-refractivity contribution in [2.24, 2.45) is 5.73 Å². The molecule has 0 aliphatic rings. The summed E-state index contributed by atoms with van der Waals surface area (Å²) in [5.74, 6) is 1.97. The summed E-state index contributed by atoms with van der Waals surface area (Å²) in [4.78, 5) is 0. The minimum absolute atomic E-state index is 0.302. The third kappa shape index (κ3) is 3.37. The first-order valence-corrected chi connectivity index (χ1v) is 6.11. The molecule has 2 N–H and O–H groups in total. The Labute approximate surface area is 109 Å². The Balaban J connectivity index is 3.20. The summed E-state index contributed by atoms with van der Waals surface area (Å²) in [6.07, 6.45) is 0.899. The van der Waals surface area contributed by atoms with E-state index >= 15 is 0 Å². The Bertz CT molecular complexity index is 354. The van der Waals surface area contributed by atoms with Crippen molar-refractivity contribution in [2.75, 3.05) is 27.9 Å². The van der Waals surface area contributed by atoms with Crippen LogP contribution in [-0.2, 0) is 11.3 Å². The molecule has 0 saturated carbocycles. The summed E-state index contributed by atoms with van der Waals surface area (Å²) < 4.78 is 16.1. The zero-order valence-electron chi connectivity index (χ0n) is 11.7. The second-order valence-corrected chi connectivity index (χ2v) is 4.33. The molecule has 4 nitrogen and oxygen atoms in total. The molecule has 0 fully saturated rings. The van der Waals surface area contributed by atoms with Crippen LogP contribution in [0, 0.1) is 0 Å². The van der Waals surface area contributed by atoms with Crippen LogP contribution in [0.3, 0.4) is 0 Å². The minimum Gasteiger partial charge on any atom is -0.496 e. The van der Waals surface area contributed by atoms with Crippen molar-refractivity contribution >= 4 is 0 Å². The van der Waals surface area contributed by atoms with Gasteiger partial charge in [-0.25, -0.2) is 0 Å². The highest BCUT2D eigenvalue weighted by Gasteiger charge is 2.18. The first kappa shape index (κ1) is 14.8. The molecule has 0 aliphatic heterocycles. The predicted molar refractivity (Wildman–Crippen MR) is 72.3 cm³/mol. The van der Waals surface area contributed by atoms with Gasteiger partial charge < -0.3 is 19.9 Å². The van der Waals surface area contributed by atoms with Crippen molar-refractivity contribution in [1.29, 1.82) is 0 Å². The highest BCUT2D eigenvalue weighted by Crippen LogP contribution is 2.37. The average Bonchev–Trinajstić information content (AvgIpc) is 2.38. The molecule has 0 amide bonds. The Kier molecular flexibility index (Phi) is 5.95. The van der Waals surface area contributed by atoms with Crippen LogP contribution < -0.4 is 15.2 Å². The lowest BCUT2D eigenvalue weighted by Crippen LogP contribution is -2.08. The highest BCUT2D eigenvalue weighted by atomic mass is 16.5. The van der Waals surface area contributed by atoms with Gasteiger partial charge in [-0.2, -0.15) is 0 Å². The van der Waals surface area contributed by atoms with Gasteiger partial charge in [-0.1, -0.05) is 6.92 Å². The molecule has 4 heteroatoms. The fourth-order valence-corrected chi connectivity index (χ4v) is 2.12. The van der Waals surface area contributed by atoms with Crippen LogP contribution in [0.4, 0.5) is 0 Å². The molecule has 0 heterocycles. The zero-order chi connectivity index (χ0) is 13.5. The molecule has 1 rings (SSSR count). The van der Waals surface area contributed by atoms with E-state index in [2.05, 4.69) is 6.92 Å². The molecule has 18 heavy (non-hydrogen) atoms. The maximum absolute atomic E-state index is 5.63. The normalized spacial score (nSPS) is 12.3. The van der Waals surface area contributed by atoms with Crippen molar-refractivity contribution in [3.63, 3.8) is 0 Å². The van der Waals surface area contributed by atoms with Crippen LogP contribution in [0.15, 0.2) is 12.1 Å². The van der Waals surface area contributed by atoms with Gasteiger partial charge in [0.2, 0.25) is 0 Å². The Hall–Kier alpha value is -1.26. The standard InChI is InChI=1S/C14H23NO3/c1-10(5-6-15)14-12(17-3)7-11(9-16-2)8-13(14)18-4/h7-8,10H,5-6,9,15H2,1-4H3. The number of hydrogen-bond acceptors (Lipinski definition) is 4. The van der Waals surface area contributed by atoms with Crippen LogP contribution in [-0.4, -0.2) is 27.9 Å². The summed E-state index contributed by atoms with van der Waals surface area (Å²) in [7, 11) is 5.01. The van der Waals surface area contributed by atoms with Crippen LogP contribution in [0.1, 0.15) is 30.4 Å². The van der Waals surface area contributed by atoms with Gasteiger partial charge in [-0.05, 0) is 36.6 Å². The van der Waals surface area contributed by atoms with E-state index in [-0.39, 0.29) is 0 Å². The molecule has 0 saturated heterocycles. The van der Waals surface area contributed by atoms with Gasteiger partial charge in [0.1, 0.15) is 11.5 Å². The highest BCUT2D eigenvalue weighted by molar-refractivity contribution is 5.50. The number of methoxy groups -OCH3 is 3. The van der Waals surface area contributed by atoms with Gasteiger partial charge in [0, 0.05) is 12.7 Å². The summed E-state index contributed by atoms with van der Waals surface area (Å²) >= 11 is 0. The van der Waals surface area contributed by atoms with Gasteiger partial charge in [0.05, 0.1) is 20.8 Å². The second kappa shape index (κ2) is 7.24. The van der Waals surface area contributed by atoms with Gasteiger partial charge in [-0.3, -0.25) is 0 Å². The Morgan fingerprint density at radius 3 is 2.06 bits per heavy atom. The summed E-state index contributed by atoms with van der Waals surface area (Å²) in [5.41, 5.74) is 7.74. The SMILES string of the molecule is COCc1cc(OC)c(C(C)CCN)c(OC)c1. The van der Waals surface area contributed by atoms with Crippen molar-refractivity contribution in [2.45, 2.75) is 25.9 Å². The van der Waals surface area contributed by atoms with Crippen molar-refractivity contribution in [3.8, 4) is 11.5 Å². The van der Waals surface area contributed by atoms with E-state index in [0.717, 1.165) is 29.0 Å².